The van der Waals surface area contributed by atoms with Crippen molar-refractivity contribution in [2.24, 2.45) is 11.8 Å². The Labute approximate surface area is 284 Å². The van der Waals surface area contributed by atoms with Gasteiger partial charge >= 0.3 is 12.1 Å². The number of allylic oxidation sites excluding steroid dienone is 2. The van der Waals surface area contributed by atoms with E-state index >= 15 is 0 Å². The minimum atomic E-state index is -0.674. The summed E-state index contributed by atoms with van der Waals surface area (Å²) in [5, 5.41) is 17.2. The maximum Gasteiger partial charge on any atom is 0.407 e. The molecule has 0 unspecified atom stereocenters. The number of nitrogens with one attached hydrogen (secondary N) is 3. The molecule has 0 aromatic heterocycles. The molecule has 0 aliphatic carbocycles. The fraction of sp³-hybridized carbons (Fsp3) is 0.459. The number of rotatable bonds is 25. The first-order valence-corrected chi connectivity index (χ1v) is 16.5. The molecule has 262 valence electrons. The number of unbranched alkanes of at least 4 members (excludes halogenated alkanes) is 1. The van der Waals surface area contributed by atoms with Crippen LogP contribution in [0.1, 0.15) is 49.7 Å². The van der Waals surface area contributed by atoms with Crippen LogP contribution in [0.3, 0.4) is 0 Å². The number of hydrogen-bond donors (Lipinski definition) is 4. The molecule has 3 amide bonds. The van der Waals surface area contributed by atoms with E-state index in [9.17, 15) is 19.2 Å². The molecule has 2 rings (SSSR count). The minimum Gasteiger partial charge on any atom is -0.463 e. The van der Waals surface area contributed by atoms with E-state index < -0.39 is 24.0 Å². The topological polar surface area (TPSA) is 152 Å². The quantitative estimate of drug-likeness (QED) is 0.0698. The molecule has 0 heterocycles. The Hall–Kier alpha value is -4.48. The van der Waals surface area contributed by atoms with E-state index in [2.05, 4.69) is 29.1 Å². The molecular formula is C37H51N3O8. The number of carbonyl (C=O) groups is 4. The highest BCUT2D eigenvalue weighted by molar-refractivity contribution is 5.86. The van der Waals surface area contributed by atoms with Crippen molar-refractivity contribution >= 4 is 23.9 Å². The van der Waals surface area contributed by atoms with Crippen molar-refractivity contribution in [1.82, 2.24) is 16.0 Å². The summed E-state index contributed by atoms with van der Waals surface area (Å²) < 4.78 is 16.2. The SMILES string of the molecule is C=CC[C@H](CC(=O)NCCOCCO)C(=O)N[C@@H](CCCCNC(=O)OCc1ccccc1)COC(=O)[C@@H](CC=C)Cc1ccccc1. The van der Waals surface area contributed by atoms with Crippen LogP contribution in [0.2, 0.25) is 0 Å². The van der Waals surface area contributed by atoms with Crippen molar-refractivity contribution < 1.29 is 38.5 Å². The zero-order valence-electron chi connectivity index (χ0n) is 27.8. The third-order valence-electron chi connectivity index (χ3n) is 7.40. The third-order valence-corrected chi connectivity index (χ3v) is 7.40. The molecule has 0 aliphatic rings. The molecule has 0 radical (unpaired) electrons. The highest BCUT2D eigenvalue weighted by Crippen LogP contribution is 2.16. The van der Waals surface area contributed by atoms with E-state index in [1.54, 1.807) is 12.2 Å². The van der Waals surface area contributed by atoms with Crippen molar-refractivity contribution in [2.75, 3.05) is 39.5 Å². The van der Waals surface area contributed by atoms with Crippen LogP contribution in [0.5, 0.6) is 0 Å². The van der Waals surface area contributed by atoms with Crippen LogP contribution in [0.15, 0.2) is 86.0 Å². The van der Waals surface area contributed by atoms with Gasteiger partial charge in [0.25, 0.3) is 0 Å². The summed E-state index contributed by atoms with van der Waals surface area (Å²) in [6.07, 6.45) is 5.60. The lowest BCUT2D eigenvalue weighted by Crippen LogP contribution is -2.43. The second kappa shape index (κ2) is 24.7. The lowest BCUT2D eigenvalue weighted by Gasteiger charge is -2.23. The van der Waals surface area contributed by atoms with Gasteiger partial charge in [-0.25, -0.2) is 4.79 Å². The molecule has 0 spiro atoms. The van der Waals surface area contributed by atoms with Gasteiger partial charge in [0, 0.05) is 19.5 Å². The second-order valence-corrected chi connectivity index (χ2v) is 11.3. The molecule has 11 heteroatoms. The molecule has 11 nitrogen and oxygen atoms in total. The Morgan fingerprint density at radius 3 is 2.12 bits per heavy atom. The summed E-state index contributed by atoms with van der Waals surface area (Å²) in [5.74, 6) is -2.15. The van der Waals surface area contributed by atoms with Crippen molar-refractivity contribution in [3.05, 3.63) is 97.1 Å². The standard InChI is InChI=1S/C37H51N3O8/c1-3-13-31(26-34(42)38-21-23-46-24-22-41)35(43)40-33(19-11-12-20-39-37(45)48-27-30-17-9-6-10-18-30)28-47-36(44)32(14-4-2)25-29-15-7-5-8-16-29/h3-10,15-18,31-33,41H,1-2,11-14,19-28H2,(H,38,42)(H,39,45)(H,40,43)/t31-,32+,33+/m1/s1. The van der Waals surface area contributed by atoms with Crippen LogP contribution in [0, 0.1) is 11.8 Å². The van der Waals surface area contributed by atoms with Gasteiger partial charge < -0.3 is 35.3 Å². The molecular weight excluding hydrogens is 614 g/mol. The van der Waals surface area contributed by atoms with E-state index in [1.165, 1.54) is 0 Å². The van der Waals surface area contributed by atoms with Gasteiger partial charge in [0.2, 0.25) is 11.8 Å². The molecule has 0 fully saturated rings. The maximum absolute atomic E-state index is 13.4. The zero-order chi connectivity index (χ0) is 34.8. The predicted octanol–water partition coefficient (Wildman–Crippen LogP) is 4.25. The number of hydrogen-bond acceptors (Lipinski definition) is 8. The highest BCUT2D eigenvalue weighted by Gasteiger charge is 2.25. The predicted molar refractivity (Wildman–Crippen MR) is 184 cm³/mol. The van der Waals surface area contributed by atoms with Gasteiger partial charge in [0.15, 0.2) is 0 Å². The monoisotopic (exact) mass is 665 g/mol. The van der Waals surface area contributed by atoms with Gasteiger partial charge in [0.1, 0.15) is 13.2 Å². The van der Waals surface area contributed by atoms with Crippen molar-refractivity contribution in [3.8, 4) is 0 Å². The normalized spacial score (nSPS) is 12.5. The summed E-state index contributed by atoms with van der Waals surface area (Å²) >= 11 is 0. The molecule has 4 N–H and O–H groups in total. The Bertz CT molecular complexity index is 1240. The Balaban J connectivity index is 1.95. The first-order valence-electron chi connectivity index (χ1n) is 16.5. The number of amides is 3. The number of benzene rings is 2. The van der Waals surface area contributed by atoms with Crippen LogP contribution in [0.4, 0.5) is 4.79 Å². The summed E-state index contributed by atoms with van der Waals surface area (Å²) in [6.45, 7) is 8.58. The molecule has 2 aromatic carbocycles. The van der Waals surface area contributed by atoms with Gasteiger partial charge in [0.05, 0.1) is 37.7 Å². The fourth-order valence-electron chi connectivity index (χ4n) is 4.87. The van der Waals surface area contributed by atoms with Gasteiger partial charge in [-0.05, 0) is 49.7 Å². The number of alkyl carbamates (subject to hydrolysis) is 1. The first kappa shape index (κ1) is 39.7. The average Bonchev–Trinajstić information content (AvgIpc) is 3.09. The smallest absolute Gasteiger partial charge is 0.407 e. The summed E-state index contributed by atoms with van der Waals surface area (Å²) in [6, 6.07) is 18.5. The molecule has 0 aliphatic heterocycles. The highest BCUT2D eigenvalue weighted by atomic mass is 16.5. The zero-order valence-corrected chi connectivity index (χ0v) is 27.8. The molecule has 48 heavy (non-hydrogen) atoms. The van der Waals surface area contributed by atoms with Crippen LogP contribution in [-0.2, 0) is 41.6 Å². The second-order valence-electron chi connectivity index (χ2n) is 11.3. The first-order chi connectivity index (χ1) is 23.4. The molecule has 3 atom stereocenters. The van der Waals surface area contributed by atoms with E-state index in [-0.39, 0.29) is 70.2 Å². The fourth-order valence-corrected chi connectivity index (χ4v) is 4.87. The number of aliphatic hydroxyl groups is 1. The third kappa shape index (κ3) is 17.4. The van der Waals surface area contributed by atoms with Gasteiger partial charge in [-0.2, -0.15) is 0 Å². The van der Waals surface area contributed by atoms with E-state index in [0.29, 0.717) is 38.6 Å². The van der Waals surface area contributed by atoms with Crippen LogP contribution in [0.25, 0.3) is 0 Å². The van der Waals surface area contributed by atoms with E-state index in [1.807, 2.05) is 60.7 Å². The molecule has 0 saturated carbocycles. The van der Waals surface area contributed by atoms with Gasteiger partial charge in [-0.1, -0.05) is 72.8 Å². The van der Waals surface area contributed by atoms with Gasteiger partial charge in [-0.3, -0.25) is 14.4 Å². The van der Waals surface area contributed by atoms with Crippen LogP contribution in [-0.4, -0.2) is 74.5 Å². The molecule has 0 bridgehead atoms. The maximum atomic E-state index is 13.4. The van der Waals surface area contributed by atoms with Crippen molar-refractivity contribution in [2.45, 2.75) is 57.6 Å². The molecule has 2 aromatic rings. The Kier molecular flexibility index (Phi) is 20.4. The number of ether oxygens (including phenoxy) is 3. The number of aliphatic hydroxyl groups excluding tert-OH is 1. The lowest BCUT2D eigenvalue weighted by molar-refractivity contribution is -0.150. The van der Waals surface area contributed by atoms with Crippen LogP contribution >= 0.6 is 0 Å². The lowest BCUT2D eigenvalue weighted by atomic mass is 9.96. The summed E-state index contributed by atoms with van der Waals surface area (Å²) in [4.78, 5) is 51.2. The van der Waals surface area contributed by atoms with Crippen molar-refractivity contribution in [1.29, 1.82) is 0 Å². The average molecular weight is 666 g/mol. The Morgan fingerprint density at radius 1 is 0.792 bits per heavy atom. The van der Waals surface area contributed by atoms with Gasteiger partial charge in [-0.15, -0.1) is 13.2 Å². The Morgan fingerprint density at radius 2 is 1.46 bits per heavy atom. The summed E-state index contributed by atoms with van der Waals surface area (Å²) in [5.41, 5.74) is 1.89. The van der Waals surface area contributed by atoms with Crippen molar-refractivity contribution in [3.63, 3.8) is 0 Å². The minimum absolute atomic E-state index is 0.0469. The number of carbonyl (C=O) groups excluding carboxylic acids is 4. The van der Waals surface area contributed by atoms with E-state index in [4.69, 9.17) is 19.3 Å². The van der Waals surface area contributed by atoms with Crippen LogP contribution < -0.4 is 16.0 Å². The molecule has 0 saturated heterocycles. The van der Waals surface area contributed by atoms with E-state index in [0.717, 1.165) is 11.1 Å². The number of esters is 1. The largest absolute Gasteiger partial charge is 0.463 e. The summed E-state index contributed by atoms with van der Waals surface area (Å²) in [7, 11) is 0.